The van der Waals surface area contributed by atoms with E-state index >= 15 is 0 Å². The van der Waals surface area contributed by atoms with E-state index in [0.717, 1.165) is 6.07 Å². The second kappa shape index (κ2) is 4.02. The number of carboxylic acid groups (broad SMARTS) is 1. The van der Waals surface area contributed by atoms with Gasteiger partial charge >= 0.3 is 12.1 Å². The van der Waals surface area contributed by atoms with Gasteiger partial charge in [-0.05, 0) is 12.1 Å². The quantitative estimate of drug-likeness (QED) is 0.856. The predicted octanol–water partition coefficient (Wildman–Crippen LogP) is 3.82. The molecule has 0 aromatic heterocycles. The Kier molecular flexibility index (Phi) is 3.30. The van der Waals surface area contributed by atoms with E-state index in [1.165, 1.54) is 0 Å². The van der Waals surface area contributed by atoms with E-state index in [2.05, 4.69) is 15.9 Å². The molecule has 82 valence electrons. The average Bonchev–Trinajstić information content (AvgIpc) is 2.00. The first kappa shape index (κ1) is 12.3. The van der Waals surface area contributed by atoms with Gasteiger partial charge in [-0.25, -0.2) is 4.79 Å². The van der Waals surface area contributed by atoms with Crippen LogP contribution in [0.2, 0.25) is 5.02 Å². The molecule has 15 heavy (non-hydrogen) atoms. The van der Waals surface area contributed by atoms with Crippen molar-refractivity contribution in [2.75, 3.05) is 0 Å². The molecular weight excluding hydrogens is 300 g/mol. The van der Waals surface area contributed by atoms with Crippen molar-refractivity contribution in [2.24, 2.45) is 0 Å². The van der Waals surface area contributed by atoms with E-state index < -0.39 is 23.3 Å². The SMILES string of the molecule is O=C(O)c1cc(C(F)(F)F)c(Br)cc1Cl. The van der Waals surface area contributed by atoms with Gasteiger partial charge in [-0.1, -0.05) is 27.5 Å². The molecule has 0 heterocycles. The molecule has 0 radical (unpaired) electrons. The van der Waals surface area contributed by atoms with Gasteiger partial charge in [0.25, 0.3) is 0 Å². The molecule has 0 aliphatic rings. The van der Waals surface area contributed by atoms with Crippen molar-refractivity contribution in [2.45, 2.75) is 6.18 Å². The van der Waals surface area contributed by atoms with Crippen LogP contribution in [0.4, 0.5) is 13.2 Å². The molecular formula is C8H3BrClF3O2. The fourth-order valence-corrected chi connectivity index (χ4v) is 1.87. The highest BCUT2D eigenvalue weighted by Gasteiger charge is 2.34. The number of carbonyl (C=O) groups is 1. The molecule has 1 aromatic carbocycles. The molecule has 0 aliphatic heterocycles. The minimum Gasteiger partial charge on any atom is -0.478 e. The molecule has 0 saturated heterocycles. The number of carboxylic acids is 1. The number of alkyl halides is 3. The summed E-state index contributed by atoms with van der Waals surface area (Å²) in [5.74, 6) is -1.50. The fraction of sp³-hybridized carbons (Fsp3) is 0.125. The lowest BCUT2D eigenvalue weighted by Crippen LogP contribution is -2.09. The summed E-state index contributed by atoms with van der Waals surface area (Å²) in [4.78, 5) is 10.5. The number of hydrogen-bond acceptors (Lipinski definition) is 1. The summed E-state index contributed by atoms with van der Waals surface area (Å²) < 4.78 is 36.8. The van der Waals surface area contributed by atoms with Crippen LogP contribution in [0.1, 0.15) is 15.9 Å². The Bertz CT molecular complexity index is 417. The van der Waals surface area contributed by atoms with Crippen LogP contribution in [0, 0.1) is 0 Å². The van der Waals surface area contributed by atoms with Crippen LogP contribution in [0.25, 0.3) is 0 Å². The maximum Gasteiger partial charge on any atom is 0.417 e. The number of rotatable bonds is 1. The minimum absolute atomic E-state index is 0.248. The number of aromatic carboxylic acids is 1. The molecule has 0 fully saturated rings. The van der Waals surface area contributed by atoms with Crippen LogP contribution < -0.4 is 0 Å². The highest BCUT2D eigenvalue weighted by molar-refractivity contribution is 9.10. The normalized spacial score (nSPS) is 11.5. The van der Waals surface area contributed by atoms with Gasteiger partial charge in [-0.2, -0.15) is 13.2 Å². The zero-order valence-corrected chi connectivity index (χ0v) is 9.24. The van der Waals surface area contributed by atoms with Crippen LogP contribution in [0.5, 0.6) is 0 Å². The third-order valence-corrected chi connectivity index (χ3v) is 2.56. The van der Waals surface area contributed by atoms with Crippen LogP contribution in [-0.2, 0) is 6.18 Å². The van der Waals surface area contributed by atoms with Gasteiger partial charge in [-0.15, -0.1) is 0 Å². The third kappa shape index (κ3) is 2.63. The summed E-state index contributed by atoms with van der Waals surface area (Å²) in [6, 6.07) is 1.41. The van der Waals surface area contributed by atoms with Gasteiger partial charge in [-0.3, -0.25) is 0 Å². The molecule has 0 amide bonds. The van der Waals surface area contributed by atoms with E-state index in [0.29, 0.717) is 6.07 Å². The van der Waals surface area contributed by atoms with Crippen LogP contribution in [0.15, 0.2) is 16.6 Å². The van der Waals surface area contributed by atoms with Crippen LogP contribution >= 0.6 is 27.5 Å². The molecule has 0 bridgehead atoms. The molecule has 1 aromatic rings. The van der Waals surface area contributed by atoms with Crippen molar-refractivity contribution >= 4 is 33.5 Å². The van der Waals surface area contributed by atoms with E-state index in [4.69, 9.17) is 16.7 Å². The van der Waals surface area contributed by atoms with Crippen molar-refractivity contribution in [1.29, 1.82) is 0 Å². The van der Waals surface area contributed by atoms with Crippen molar-refractivity contribution in [1.82, 2.24) is 0 Å². The Hall–Kier alpha value is -0.750. The van der Waals surface area contributed by atoms with Gasteiger partial charge in [0.15, 0.2) is 0 Å². The van der Waals surface area contributed by atoms with E-state index in [9.17, 15) is 18.0 Å². The zero-order valence-electron chi connectivity index (χ0n) is 6.90. The van der Waals surface area contributed by atoms with Gasteiger partial charge < -0.3 is 5.11 Å². The summed E-state index contributed by atoms with van der Waals surface area (Å²) in [5.41, 5.74) is -1.64. The minimum atomic E-state index is -4.62. The summed E-state index contributed by atoms with van der Waals surface area (Å²) in [7, 11) is 0. The first-order valence-corrected chi connectivity index (χ1v) is 4.70. The first-order chi connectivity index (χ1) is 6.73. The smallest absolute Gasteiger partial charge is 0.417 e. The Morgan fingerprint density at radius 3 is 2.33 bits per heavy atom. The molecule has 0 saturated carbocycles. The van der Waals surface area contributed by atoms with Gasteiger partial charge in [0.05, 0.1) is 16.1 Å². The summed E-state index contributed by atoms with van der Waals surface area (Å²) in [5, 5.41) is 8.33. The molecule has 2 nitrogen and oxygen atoms in total. The van der Waals surface area contributed by atoms with Crippen molar-refractivity contribution < 1.29 is 23.1 Å². The Morgan fingerprint density at radius 1 is 1.40 bits per heavy atom. The average molecular weight is 303 g/mol. The largest absolute Gasteiger partial charge is 0.478 e. The number of hydrogen-bond donors (Lipinski definition) is 1. The van der Waals surface area contributed by atoms with Crippen molar-refractivity contribution in [3.63, 3.8) is 0 Å². The lowest BCUT2D eigenvalue weighted by Gasteiger charge is -2.10. The van der Waals surface area contributed by atoms with Crippen LogP contribution in [-0.4, -0.2) is 11.1 Å². The van der Waals surface area contributed by atoms with E-state index in [1.54, 1.807) is 0 Å². The molecule has 0 unspecified atom stereocenters. The fourth-order valence-electron chi connectivity index (χ4n) is 0.930. The molecule has 0 atom stereocenters. The Morgan fingerprint density at radius 2 is 1.93 bits per heavy atom. The van der Waals surface area contributed by atoms with Gasteiger partial charge in [0.1, 0.15) is 0 Å². The predicted molar refractivity (Wildman–Crippen MR) is 51.1 cm³/mol. The van der Waals surface area contributed by atoms with E-state index in [1.807, 2.05) is 0 Å². The molecule has 0 spiro atoms. The number of benzene rings is 1. The highest BCUT2D eigenvalue weighted by atomic mass is 79.9. The summed E-state index contributed by atoms with van der Waals surface area (Å²) >= 11 is 8.14. The van der Waals surface area contributed by atoms with Crippen LogP contribution in [0.3, 0.4) is 0 Å². The maximum absolute atomic E-state index is 12.4. The van der Waals surface area contributed by atoms with Crippen molar-refractivity contribution in [3.8, 4) is 0 Å². The Balaban J connectivity index is 3.43. The number of halogens is 5. The molecule has 0 aliphatic carbocycles. The summed E-state index contributed by atoms with van der Waals surface area (Å²) in [6.07, 6.45) is -4.62. The van der Waals surface area contributed by atoms with Crippen molar-refractivity contribution in [3.05, 3.63) is 32.8 Å². The lowest BCUT2D eigenvalue weighted by atomic mass is 10.1. The molecule has 1 rings (SSSR count). The van der Waals surface area contributed by atoms with E-state index in [-0.39, 0.29) is 9.50 Å². The molecule has 1 N–H and O–H groups in total. The summed E-state index contributed by atoms with van der Waals surface area (Å²) in [6.45, 7) is 0. The monoisotopic (exact) mass is 302 g/mol. The second-order valence-corrected chi connectivity index (χ2v) is 3.88. The zero-order chi connectivity index (χ0) is 11.8. The molecule has 7 heteroatoms. The highest BCUT2D eigenvalue weighted by Crippen LogP contribution is 2.37. The first-order valence-electron chi connectivity index (χ1n) is 3.53. The third-order valence-electron chi connectivity index (χ3n) is 1.59. The lowest BCUT2D eigenvalue weighted by molar-refractivity contribution is -0.138. The topological polar surface area (TPSA) is 37.3 Å². The van der Waals surface area contributed by atoms with Gasteiger partial charge in [0.2, 0.25) is 0 Å². The Labute approximate surface area is 95.8 Å². The standard InChI is InChI=1S/C8H3BrClF3O2/c9-5-2-6(10)3(7(14)15)1-4(5)8(11,12)13/h1-2H,(H,14,15). The second-order valence-electron chi connectivity index (χ2n) is 2.61. The maximum atomic E-state index is 12.4. The van der Waals surface area contributed by atoms with Gasteiger partial charge in [0, 0.05) is 4.47 Å².